The number of nitrogens with zero attached hydrogens (tertiary/aromatic N) is 2. The smallest absolute Gasteiger partial charge is 0.311 e. The molecular weight excluding hydrogens is 306 g/mol. The lowest BCUT2D eigenvalue weighted by Gasteiger charge is -1.97. The lowest BCUT2D eigenvalue weighted by atomic mass is 10.1. The second-order valence-electron chi connectivity index (χ2n) is 4.38. The van der Waals surface area contributed by atoms with Gasteiger partial charge < -0.3 is 10.2 Å². The number of carbonyl (C=O) groups excluding carboxylic acids is 1. The van der Waals surface area contributed by atoms with Gasteiger partial charge in [-0.15, -0.1) is 0 Å². The van der Waals surface area contributed by atoms with Crippen molar-refractivity contribution in [3.63, 3.8) is 0 Å². The Morgan fingerprint density at radius 1 is 1.23 bits per heavy atom. The van der Waals surface area contributed by atoms with Crippen LogP contribution in [0.25, 0.3) is 17.4 Å². The van der Waals surface area contributed by atoms with Gasteiger partial charge >= 0.3 is 5.24 Å². The van der Waals surface area contributed by atoms with Gasteiger partial charge in [-0.2, -0.15) is 4.99 Å². The number of amidine groups is 1. The first-order valence-corrected chi connectivity index (χ1v) is 6.97. The molecule has 0 fully saturated rings. The molecule has 0 saturated carbocycles. The molecular formula is C14H9N3O4S. The standard InChI is InChI=1S/C14H9N3O4S/c15-13-12(22-14(18)16-13)7-10-5-6-11(21-10)8-1-3-9(4-2-8)17(19)20/h1-7H,(H2,15,16,18). The molecule has 3 rings (SSSR count). The summed E-state index contributed by atoms with van der Waals surface area (Å²) in [5.41, 5.74) is 6.35. The molecule has 2 aromatic rings. The Bertz CT molecular complexity index is 821. The van der Waals surface area contributed by atoms with E-state index in [2.05, 4.69) is 4.99 Å². The number of aliphatic imine (C=N–C) groups is 1. The minimum Gasteiger partial charge on any atom is -0.457 e. The van der Waals surface area contributed by atoms with Crippen molar-refractivity contribution in [1.82, 2.24) is 0 Å². The number of furan rings is 1. The number of hydrogen-bond donors (Lipinski definition) is 1. The fraction of sp³-hybridized carbons (Fsp3) is 0. The minimum absolute atomic E-state index is 0.0162. The van der Waals surface area contributed by atoms with Crippen LogP contribution in [0.15, 0.2) is 50.7 Å². The molecule has 110 valence electrons. The number of nitrogens with two attached hydrogens (primary N) is 1. The van der Waals surface area contributed by atoms with E-state index < -0.39 is 4.92 Å². The van der Waals surface area contributed by atoms with Crippen molar-refractivity contribution in [3.8, 4) is 11.3 Å². The normalized spacial score (nSPS) is 16.1. The van der Waals surface area contributed by atoms with Gasteiger partial charge in [-0.1, -0.05) is 0 Å². The summed E-state index contributed by atoms with van der Waals surface area (Å²) >= 11 is 0.937. The summed E-state index contributed by atoms with van der Waals surface area (Å²) in [6, 6.07) is 9.50. The van der Waals surface area contributed by atoms with Gasteiger partial charge in [0.05, 0.1) is 9.83 Å². The minimum atomic E-state index is -0.460. The van der Waals surface area contributed by atoms with Crippen molar-refractivity contribution < 1.29 is 14.1 Å². The SMILES string of the molecule is NC1=NC(=O)SC1=Cc1ccc(-c2ccc([N+](=O)[O-])cc2)o1. The summed E-state index contributed by atoms with van der Waals surface area (Å²) in [6.07, 6.45) is 1.63. The average molecular weight is 315 g/mol. The third-order valence-corrected chi connectivity index (χ3v) is 3.74. The van der Waals surface area contributed by atoms with Crippen LogP contribution in [-0.4, -0.2) is 16.0 Å². The summed E-state index contributed by atoms with van der Waals surface area (Å²) in [6.45, 7) is 0. The van der Waals surface area contributed by atoms with Crippen LogP contribution < -0.4 is 5.73 Å². The molecule has 2 heterocycles. The molecule has 7 nitrogen and oxygen atoms in total. The van der Waals surface area contributed by atoms with E-state index in [9.17, 15) is 14.9 Å². The molecule has 0 atom stereocenters. The Hall–Kier alpha value is -2.87. The highest BCUT2D eigenvalue weighted by atomic mass is 32.2. The lowest BCUT2D eigenvalue weighted by molar-refractivity contribution is -0.384. The van der Waals surface area contributed by atoms with E-state index in [4.69, 9.17) is 10.2 Å². The van der Waals surface area contributed by atoms with E-state index in [-0.39, 0.29) is 16.8 Å². The van der Waals surface area contributed by atoms with Crippen molar-refractivity contribution in [3.05, 3.63) is 57.2 Å². The van der Waals surface area contributed by atoms with Crippen LogP contribution in [0.2, 0.25) is 0 Å². The van der Waals surface area contributed by atoms with Gasteiger partial charge in [-0.25, -0.2) is 0 Å². The molecule has 8 heteroatoms. The first-order valence-electron chi connectivity index (χ1n) is 6.15. The number of non-ortho nitro benzene ring substituents is 1. The number of amides is 1. The molecule has 0 bridgehead atoms. The highest BCUT2D eigenvalue weighted by Gasteiger charge is 2.19. The topological polar surface area (TPSA) is 112 Å². The van der Waals surface area contributed by atoms with E-state index in [0.717, 1.165) is 11.8 Å². The van der Waals surface area contributed by atoms with Gasteiger partial charge in [0.25, 0.3) is 5.69 Å². The summed E-state index contributed by atoms with van der Waals surface area (Å²) < 4.78 is 5.63. The van der Waals surface area contributed by atoms with E-state index >= 15 is 0 Å². The highest BCUT2D eigenvalue weighted by Crippen LogP contribution is 2.30. The zero-order valence-corrected chi connectivity index (χ0v) is 11.9. The summed E-state index contributed by atoms with van der Waals surface area (Å²) in [4.78, 5) is 25.4. The van der Waals surface area contributed by atoms with Crippen LogP contribution in [0.4, 0.5) is 10.5 Å². The van der Waals surface area contributed by atoms with Gasteiger partial charge in [0, 0.05) is 17.7 Å². The van der Waals surface area contributed by atoms with Crippen molar-refractivity contribution in [2.75, 3.05) is 0 Å². The lowest BCUT2D eigenvalue weighted by Crippen LogP contribution is -2.08. The molecule has 2 N–H and O–H groups in total. The first-order chi connectivity index (χ1) is 10.5. The molecule has 0 radical (unpaired) electrons. The number of nitro groups is 1. The van der Waals surface area contributed by atoms with Crippen LogP contribution >= 0.6 is 11.8 Å². The summed E-state index contributed by atoms with van der Waals surface area (Å²) in [5, 5.41) is 10.3. The predicted molar refractivity (Wildman–Crippen MR) is 83.4 cm³/mol. The number of carbonyl (C=O) groups is 1. The maximum atomic E-state index is 11.1. The molecule has 1 aromatic carbocycles. The quantitative estimate of drug-likeness (QED) is 0.686. The maximum absolute atomic E-state index is 11.1. The van der Waals surface area contributed by atoms with Crippen molar-refractivity contribution in [2.45, 2.75) is 0 Å². The Morgan fingerprint density at radius 3 is 2.55 bits per heavy atom. The fourth-order valence-electron chi connectivity index (χ4n) is 1.89. The van der Waals surface area contributed by atoms with E-state index in [1.165, 1.54) is 12.1 Å². The molecule has 1 aliphatic heterocycles. The number of nitro benzene ring substituents is 1. The zero-order chi connectivity index (χ0) is 15.7. The maximum Gasteiger partial charge on any atom is 0.311 e. The third-order valence-electron chi connectivity index (χ3n) is 2.92. The Labute approximate surface area is 128 Å². The third kappa shape index (κ3) is 2.77. The largest absolute Gasteiger partial charge is 0.457 e. The zero-order valence-electron chi connectivity index (χ0n) is 11.1. The number of benzene rings is 1. The second-order valence-corrected chi connectivity index (χ2v) is 5.37. The average Bonchev–Trinajstić information content (AvgIpc) is 3.06. The van der Waals surface area contributed by atoms with E-state index in [1.54, 1.807) is 30.3 Å². The van der Waals surface area contributed by atoms with Gasteiger partial charge in [0.2, 0.25) is 0 Å². The monoisotopic (exact) mass is 315 g/mol. The van der Waals surface area contributed by atoms with Gasteiger partial charge in [0.15, 0.2) is 0 Å². The van der Waals surface area contributed by atoms with Crippen LogP contribution in [0.1, 0.15) is 5.76 Å². The highest BCUT2D eigenvalue weighted by molar-refractivity contribution is 8.18. The molecule has 1 amide bonds. The molecule has 0 saturated heterocycles. The van der Waals surface area contributed by atoms with Crippen LogP contribution in [0.5, 0.6) is 0 Å². The van der Waals surface area contributed by atoms with Crippen LogP contribution in [0, 0.1) is 10.1 Å². The van der Waals surface area contributed by atoms with Gasteiger partial charge in [0.1, 0.15) is 17.4 Å². The van der Waals surface area contributed by atoms with Gasteiger partial charge in [-0.05, 0) is 42.1 Å². The first kappa shape index (κ1) is 14.1. The van der Waals surface area contributed by atoms with E-state index in [1.807, 2.05) is 0 Å². The number of thioether (sulfide) groups is 1. The summed E-state index contributed by atoms with van der Waals surface area (Å²) in [7, 11) is 0. The van der Waals surface area contributed by atoms with E-state index in [0.29, 0.717) is 22.0 Å². The second kappa shape index (κ2) is 5.49. The van der Waals surface area contributed by atoms with Crippen LogP contribution in [0.3, 0.4) is 0 Å². The molecule has 1 aromatic heterocycles. The Morgan fingerprint density at radius 2 is 1.95 bits per heavy atom. The molecule has 22 heavy (non-hydrogen) atoms. The van der Waals surface area contributed by atoms with Crippen LogP contribution in [-0.2, 0) is 0 Å². The predicted octanol–water partition coefficient (Wildman–Crippen LogP) is 3.42. The fourth-order valence-corrected chi connectivity index (χ4v) is 2.55. The number of rotatable bonds is 3. The molecule has 0 unspecified atom stereocenters. The van der Waals surface area contributed by atoms with Crippen molar-refractivity contribution in [1.29, 1.82) is 0 Å². The van der Waals surface area contributed by atoms with Crippen molar-refractivity contribution >= 4 is 34.6 Å². The summed E-state index contributed by atoms with van der Waals surface area (Å²) in [5.74, 6) is 1.25. The van der Waals surface area contributed by atoms with Crippen molar-refractivity contribution in [2.24, 2.45) is 10.7 Å². The number of hydrogen-bond acceptors (Lipinski definition) is 6. The van der Waals surface area contributed by atoms with Gasteiger partial charge in [-0.3, -0.25) is 14.9 Å². The molecule has 1 aliphatic rings. The Kier molecular flexibility index (Phi) is 3.51. The molecule has 0 aliphatic carbocycles. The molecule has 0 spiro atoms. The Balaban J connectivity index is 1.85.